The Bertz CT molecular complexity index is 970. The molecule has 1 fully saturated rings. The number of imidazole rings is 1. The molecule has 0 bridgehead atoms. The molecular formula is C15H24N7O7P. The number of fused-ring (bicyclic) bond motifs is 1. The molecule has 166 valence electrons. The molecule has 1 aliphatic rings. The number of nitrogens with two attached hydrogens (primary N) is 1. The number of nitrogen functional groups attached to an aromatic ring is 1. The van der Waals surface area contributed by atoms with Gasteiger partial charge in [0.05, 0.1) is 12.9 Å². The SMILES string of the molecule is CC(C)[C@H]([NH3+])C(=O)NP(=O)([O-])OC[C@H]1O[C@@H](n2cnc3c(N)ncnc32)[C@H](O)[C@@H]1O. The van der Waals surface area contributed by atoms with Crippen LogP contribution in [-0.2, 0) is 18.6 Å². The van der Waals surface area contributed by atoms with Gasteiger partial charge in [0.25, 0.3) is 5.91 Å². The van der Waals surface area contributed by atoms with Gasteiger partial charge in [0.15, 0.2) is 23.7 Å². The maximum absolute atomic E-state index is 12.0. The van der Waals surface area contributed by atoms with Crippen molar-refractivity contribution in [2.75, 3.05) is 12.3 Å². The van der Waals surface area contributed by atoms with Crippen molar-refractivity contribution in [1.82, 2.24) is 24.6 Å². The summed E-state index contributed by atoms with van der Waals surface area (Å²) >= 11 is 0. The third-order valence-corrected chi connectivity index (χ3v) is 5.78. The van der Waals surface area contributed by atoms with E-state index in [-0.39, 0.29) is 22.9 Å². The molecule has 15 heteroatoms. The summed E-state index contributed by atoms with van der Waals surface area (Å²) < 4.78 is 23.7. The van der Waals surface area contributed by atoms with E-state index in [0.717, 1.165) is 0 Å². The number of hydrogen-bond donors (Lipinski definition) is 5. The first-order valence-electron chi connectivity index (χ1n) is 9.07. The molecule has 6 atom stereocenters. The lowest BCUT2D eigenvalue weighted by Gasteiger charge is -2.27. The highest BCUT2D eigenvalue weighted by Crippen LogP contribution is 2.36. The number of aromatic nitrogens is 4. The summed E-state index contributed by atoms with van der Waals surface area (Å²) in [6.45, 7) is 2.80. The number of nitrogens with one attached hydrogen (secondary N) is 1. The van der Waals surface area contributed by atoms with Crippen LogP contribution in [0.2, 0.25) is 0 Å². The molecule has 2 aromatic heterocycles. The highest BCUT2D eigenvalue weighted by atomic mass is 31.2. The molecule has 1 amide bonds. The molecule has 0 aromatic carbocycles. The predicted octanol–water partition coefficient (Wildman–Crippen LogP) is -3.10. The van der Waals surface area contributed by atoms with Crippen molar-refractivity contribution in [2.24, 2.45) is 5.92 Å². The summed E-state index contributed by atoms with van der Waals surface area (Å²) in [5.41, 5.74) is 9.87. The molecule has 0 spiro atoms. The Kier molecular flexibility index (Phi) is 6.38. The van der Waals surface area contributed by atoms with E-state index in [4.69, 9.17) is 15.0 Å². The number of aliphatic hydroxyl groups is 2. The van der Waals surface area contributed by atoms with Crippen molar-refractivity contribution in [2.45, 2.75) is 44.4 Å². The second-order valence-electron chi connectivity index (χ2n) is 7.25. The Morgan fingerprint density at radius 1 is 1.43 bits per heavy atom. The van der Waals surface area contributed by atoms with E-state index in [1.807, 2.05) is 0 Å². The van der Waals surface area contributed by atoms with Crippen LogP contribution in [0.1, 0.15) is 20.1 Å². The van der Waals surface area contributed by atoms with Crippen molar-refractivity contribution >= 4 is 30.6 Å². The fraction of sp³-hybridized carbons (Fsp3) is 0.600. The zero-order valence-corrected chi connectivity index (χ0v) is 17.2. The summed E-state index contributed by atoms with van der Waals surface area (Å²) in [6.07, 6.45) is -2.73. The highest BCUT2D eigenvalue weighted by Gasteiger charge is 2.45. The summed E-state index contributed by atoms with van der Waals surface area (Å²) in [5.74, 6) is -0.861. The van der Waals surface area contributed by atoms with Crippen molar-refractivity contribution in [3.8, 4) is 0 Å². The third kappa shape index (κ3) is 4.44. The number of aliphatic hydroxyl groups excluding tert-OH is 2. The summed E-state index contributed by atoms with van der Waals surface area (Å²) in [5, 5.41) is 22.4. The van der Waals surface area contributed by atoms with Crippen molar-refractivity contribution in [3.63, 3.8) is 0 Å². The topological polar surface area (TPSA) is 225 Å². The molecular weight excluding hydrogens is 421 g/mol. The molecule has 1 saturated heterocycles. The normalized spacial score (nSPS) is 27.3. The molecule has 0 aliphatic carbocycles. The molecule has 14 nitrogen and oxygen atoms in total. The van der Waals surface area contributed by atoms with Crippen LogP contribution >= 0.6 is 7.75 Å². The fourth-order valence-electron chi connectivity index (χ4n) is 2.88. The number of nitrogens with zero attached hydrogens (tertiary/aromatic N) is 4. The first-order valence-corrected chi connectivity index (χ1v) is 10.6. The van der Waals surface area contributed by atoms with E-state index in [1.165, 1.54) is 17.2 Å². The zero-order chi connectivity index (χ0) is 22.2. The molecule has 2 aromatic rings. The van der Waals surface area contributed by atoms with E-state index in [9.17, 15) is 24.5 Å². The van der Waals surface area contributed by atoms with Crippen LogP contribution < -0.4 is 21.4 Å². The van der Waals surface area contributed by atoms with E-state index in [1.54, 1.807) is 18.9 Å². The van der Waals surface area contributed by atoms with Gasteiger partial charge in [-0.1, -0.05) is 13.8 Å². The Labute approximate surface area is 170 Å². The predicted molar refractivity (Wildman–Crippen MR) is 98.9 cm³/mol. The van der Waals surface area contributed by atoms with Crippen LogP contribution in [0, 0.1) is 5.92 Å². The quantitative estimate of drug-likeness (QED) is 0.268. The number of carbonyl (C=O) groups is 1. The van der Waals surface area contributed by atoms with E-state index in [0.29, 0.717) is 0 Å². The van der Waals surface area contributed by atoms with Gasteiger partial charge in [0, 0.05) is 5.92 Å². The van der Waals surface area contributed by atoms with Crippen LogP contribution in [0.4, 0.5) is 5.82 Å². The Hall–Kier alpha value is -2.19. The number of ether oxygens (including phenoxy) is 1. The van der Waals surface area contributed by atoms with Crippen molar-refractivity contribution in [1.29, 1.82) is 0 Å². The van der Waals surface area contributed by atoms with Gasteiger partial charge in [0.1, 0.15) is 30.2 Å². The minimum absolute atomic E-state index is 0.125. The second kappa shape index (κ2) is 8.51. The fourth-order valence-corrected chi connectivity index (χ4v) is 3.72. The van der Waals surface area contributed by atoms with Gasteiger partial charge in [-0.2, -0.15) is 0 Å². The first kappa shape index (κ1) is 22.5. The number of carbonyl (C=O) groups excluding carboxylic acids is 1. The van der Waals surface area contributed by atoms with Crippen LogP contribution in [-0.4, -0.2) is 66.6 Å². The summed E-state index contributed by atoms with van der Waals surface area (Å²) in [4.78, 5) is 35.8. The lowest BCUT2D eigenvalue weighted by atomic mass is 10.1. The molecule has 0 saturated carbocycles. The van der Waals surface area contributed by atoms with Crippen molar-refractivity contribution in [3.05, 3.63) is 12.7 Å². The summed E-state index contributed by atoms with van der Waals surface area (Å²) in [7, 11) is -4.79. The molecule has 0 radical (unpaired) electrons. The lowest BCUT2D eigenvalue weighted by molar-refractivity contribution is -0.414. The highest BCUT2D eigenvalue weighted by molar-refractivity contribution is 7.49. The lowest BCUT2D eigenvalue weighted by Crippen LogP contribution is -2.69. The molecule has 3 rings (SSSR count). The minimum Gasteiger partial charge on any atom is -0.762 e. The van der Waals surface area contributed by atoms with Gasteiger partial charge in [0.2, 0.25) is 7.75 Å². The van der Waals surface area contributed by atoms with Gasteiger partial charge in [-0.3, -0.25) is 19.0 Å². The average Bonchev–Trinajstić information content (AvgIpc) is 3.22. The molecule has 1 unspecified atom stereocenters. The number of hydrogen-bond acceptors (Lipinski definition) is 11. The number of rotatable bonds is 7. The van der Waals surface area contributed by atoms with E-state index < -0.39 is 50.8 Å². The van der Waals surface area contributed by atoms with E-state index >= 15 is 0 Å². The van der Waals surface area contributed by atoms with Gasteiger partial charge in [-0.05, 0) is 0 Å². The van der Waals surface area contributed by atoms with Crippen molar-refractivity contribution < 1.29 is 39.5 Å². The van der Waals surface area contributed by atoms with Gasteiger partial charge in [-0.15, -0.1) is 0 Å². The number of amides is 1. The number of quaternary nitrogens is 1. The van der Waals surface area contributed by atoms with Crippen LogP contribution in [0.3, 0.4) is 0 Å². The molecule has 3 heterocycles. The van der Waals surface area contributed by atoms with Crippen LogP contribution in [0.5, 0.6) is 0 Å². The Morgan fingerprint density at radius 3 is 2.80 bits per heavy atom. The monoisotopic (exact) mass is 445 g/mol. The van der Waals surface area contributed by atoms with E-state index in [2.05, 4.69) is 20.7 Å². The zero-order valence-electron chi connectivity index (χ0n) is 16.3. The minimum atomic E-state index is -4.79. The molecule has 30 heavy (non-hydrogen) atoms. The maximum Gasteiger partial charge on any atom is 0.284 e. The van der Waals surface area contributed by atoms with Gasteiger partial charge in [-0.25, -0.2) is 15.0 Å². The largest absolute Gasteiger partial charge is 0.762 e. The molecule has 1 aliphatic heterocycles. The summed E-state index contributed by atoms with van der Waals surface area (Å²) in [6, 6.07) is -0.792. The average molecular weight is 445 g/mol. The first-order chi connectivity index (χ1) is 14.0. The third-order valence-electron chi connectivity index (χ3n) is 4.80. The Balaban J connectivity index is 1.67. The smallest absolute Gasteiger partial charge is 0.284 e. The van der Waals surface area contributed by atoms with Gasteiger partial charge < -0.3 is 35.8 Å². The Morgan fingerprint density at radius 2 is 2.13 bits per heavy atom. The second-order valence-corrected chi connectivity index (χ2v) is 8.73. The standard InChI is InChI=1S/C15H24N7O7P/c1-6(2)8(16)14(25)21-30(26,27)28-3-7-10(23)11(24)15(29-7)22-5-20-9-12(17)18-4-19-13(9)22/h4-8,10-11,15,23-24H,3,16H2,1-2H3,(H2,17,18,19)(H2,21,25,26,27)/t7-,8+,10-,11-,15-/m1/s1. The number of anilines is 1. The van der Waals surface area contributed by atoms with Crippen LogP contribution in [0.15, 0.2) is 12.7 Å². The van der Waals surface area contributed by atoms with Gasteiger partial charge >= 0.3 is 0 Å². The van der Waals surface area contributed by atoms with Crippen LogP contribution in [0.25, 0.3) is 11.2 Å². The molecule has 8 N–H and O–H groups in total. The maximum atomic E-state index is 12.0.